The van der Waals surface area contributed by atoms with Gasteiger partial charge >= 0.3 is 0 Å². The van der Waals surface area contributed by atoms with Gasteiger partial charge in [0.25, 0.3) is 0 Å². The van der Waals surface area contributed by atoms with Gasteiger partial charge in [0.2, 0.25) is 0 Å². The van der Waals surface area contributed by atoms with E-state index in [0.717, 1.165) is 6.07 Å². The van der Waals surface area contributed by atoms with Crippen LogP contribution in [0.4, 0.5) is 8.78 Å². The van der Waals surface area contributed by atoms with Crippen LogP contribution in [0.1, 0.15) is 17.9 Å². The molecule has 3 heteroatoms. The molecule has 1 aromatic carbocycles. The second-order valence-electron chi connectivity index (χ2n) is 3.24. The molecule has 0 aliphatic heterocycles. The first-order valence-corrected chi connectivity index (χ1v) is 4.07. The summed E-state index contributed by atoms with van der Waals surface area (Å²) < 4.78 is 25.6. The van der Waals surface area contributed by atoms with Crippen LogP contribution in [0.5, 0.6) is 0 Å². The quantitative estimate of drug-likeness (QED) is 0.650. The molecule has 0 N–H and O–H groups in total. The summed E-state index contributed by atoms with van der Waals surface area (Å²) in [5, 5.41) is 8.54. The highest BCUT2D eigenvalue weighted by molar-refractivity contribution is 5.30. The minimum atomic E-state index is -0.574. The van der Waals surface area contributed by atoms with E-state index in [9.17, 15) is 8.78 Å². The van der Waals surface area contributed by atoms with Crippen molar-refractivity contribution < 1.29 is 8.78 Å². The summed E-state index contributed by atoms with van der Waals surface area (Å²) in [6, 6.07) is 5.58. The van der Waals surface area contributed by atoms with Crippen molar-refractivity contribution in [2.45, 2.75) is 12.3 Å². The Bertz CT molecular complexity index is 381. The summed E-state index contributed by atoms with van der Waals surface area (Å²) in [5.74, 6) is -1.22. The number of hydrogen-bond acceptors (Lipinski definition) is 1. The summed E-state index contributed by atoms with van der Waals surface area (Å²) in [4.78, 5) is 0. The molecule has 2 atom stereocenters. The summed E-state index contributed by atoms with van der Waals surface area (Å²) in [7, 11) is 0. The molecule has 0 bridgehead atoms. The van der Waals surface area contributed by atoms with E-state index < -0.39 is 11.6 Å². The van der Waals surface area contributed by atoms with Crippen molar-refractivity contribution in [3.63, 3.8) is 0 Å². The Balaban J connectivity index is 2.29. The summed E-state index contributed by atoms with van der Waals surface area (Å²) in [6.45, 7) is 0. The van der Waals surface area contributed by atoms with E-state index in [1.165, 1.54) is 12.1 Å². The zero-order valence-electron chi connectivity index (χ0n) is 6.80. The molecule has 2 rings (SSSR count). The molecule has 0 aromatic heterocycles. The van der Waals surface area contributed by atoms with Crippen molar-refractivity contribution in [1.29, 1.82) is 5.26 Å². The van der Waals surface area contributed by atoms with Gasteiger partial charge in [-0.15, -0.1) is 0 Å². The fraction of sp³-hybridized carbons (Fsp3) is 0.300. The van der Waals surface area contributed by atoms with Crippen molar-refractivity contribution in [3.8, 4) is 6.07 Å². The predicted molar refractivity (Wildman–Crippen MR) is 42.8 cm³/mol. The van der Waals surface area contributed by atoms with Crippen LogP contribution in [0.25, 0.3) is 0 Å². The monoisotopic (exact) mass is 179 g/mol. The molecule has 0 heterocycles. The zero-order chi connectivity index (χ0) is 9.42. The van der Waals surface area contributed by atoms with Crippen LogP contribution < -0.4 is 0 Å². The van der Waals surface area contributed by atoms with E-state index in [4.69, 9.17) is 5.26 Å². The SMILES string of the molecule is N#CC1CC1c1ccc(F)cc1F. The van der Waals surface area contributed by atoms with Gasteiger partial charge in [-0.2, -0.15) is 5.26 Å². The van der Waals surface area contributed by atoms with Gasteiger partial charge in [-0.25, -0.2) is 8.78 Å². The number of halogens is 2. The standard InChI is InChI=1S/C10H7F2N/c11-7-1-2-8(10(12)4-7)9-3-6(9)5-13/h1-2,4,6,9H,3H2. The molecule has 0 saturated heterocycles. The Morgan fingerprint density at radius 2 is 2.15 bits per heavy atom. The lowest BCUT2D eigenvalue weighted by molar-refractivity contribution is 0.571. The molecular formula is C10H7F2N. The third-order valence-corrected chi connectivity index (χ3v) is 2.32. The van der Waals surface area contributed by atoms with Gasteiger partial charge in [-0.3, -0.25) is 0 Å². The minimum Gasteiger partial charge on any atom is -0.207 e. The van der Waals surface area contributed by atoms with Crippen LogP contribution in [0, 0.1) is 28.9 Å². The molecule has 1 aliphatic carbocycles. The maximum Gasteiger partial charge on any atom is 0.129 e. The molecule has 13 heavy (non-hydrogen) atoms. The largest absolute Gasteiger partial charge is 0.207 e. The second-order valence-corrected chi connectivity index (χ2v) is 3.24. The van der Waals surface area contributed by atoms with E-state index in [1.807, 2.05) is 0 Å². The highest BCUT2D eigenvalue weighted by Crippen LogP contribution is 2.47. The van der Waals surface area contributed by atoms with Gasteiger partial charge in [0.15, 0.2) is 0 Å². The fourth-order valence-electron chi connectivity index (χ4n) is 1.48. The lowest BCUT2D eigenvalue weighted by Crippen LogP contribution is -1.89. The Morgan fingerprint density at radius 1 is 1.38 bits per heavy atom. The molecule has 0 spiro atoms. The third kappa shape index (κ3) is 1.40. The zero-order valence-corrected chi connectivity index (χ0v) is 6.80. The van der Waals surface area contributed by atoms with Crippen LogP contribution in [-0.4, -0.2) is 0 Å². The van der Waals surface area contributed by atoms with Crippen LogP contribution in [0.3, 0.4) is 0 Å². The van der Waals surface area contributed by atoms with Crippen molar-refractivity contribution in [1.82, 2.24) is 0 Å². The number of benzene rings is 1. The van der Waals surface area contributed by atoms with E-state index in [-0.39, 0.29) is 11.8 Å². The Morgan fingerprint density at radius 3 is 2.69 bits per heavy atom. The first kappa shape index (κ1) is 8.18. The number of nitrogens with zero attached hydrogens (tertiary/aromatic N) is 1. The molecule has 1 nitrogen and oxygen atoms in total. The lowest BCUT2D eigenvalue weighted by Gasteiger charge is -1.99. The molecule has 1 aliphatic rings. The van der Waals surface area contributed by atoms with Gasteiger partial charge in [0, 0.05) is 12.0 Å². The summed E-state index contributed by atoms with van der Waals surface area (Å²) in [6.07, 6.45) is 0.694. The molecule has 2 unspecified atom stereocenters. The normalized spacial score (nSPS) is 25.3. The van der Waals surface area contributed by atoms with Gasteiger partial charge in [-0.05, 0) is 18.1 Å². The van der Waals surface area contributed by atoms with Gasteiger partial charge in [0.1, 0.15) is 11.6 Å². The van der Waals surface area contributed by atoms with Crippen LogP contribution in [0.2, 0.25) is 0 Å². The molecule has 1 fully saturated rings. The average Bonchev–Trinajstić information content (AvgIpc) is 2.83. The predicted octanol–water partition coefficient (Wildman–Crippen LogP) is 2.59. The smallest absolute Gasteiger partial charge is 0.129 e. The van der Waals surface area contributed by atoms with Gasteiger partial charge in [0.05, 0.1) is 12.0 Å². The molecule has 0 amide bonds. The summed E-state index contributed by atoms with van der Waals surface area (Å²) >= 11 is 0. The summed E-state index contributed by atoms with van der Waals surface area (Å²) in [5.41, 5.74) is 0.466. The number of nitriles is 1. The first-order chi connectivity index (χ1) is 6.22. The number of hydrogen-bond donors (Lipinski definition) is 0. The molecule has 66 valence electrons. The van der Waals surface area contributed by atoms with E-state index in [2.05, 4.69) is 6.07 Å². The maximum atomic E-state index is 13.1. The van der Waals surface area contributed by atoms with Crippen LogP contribution >= 0.6 is 0 Å². The van der Waals surface area contributed by atoms with Crippen molar-refractivity contribution in [3.05, 3.63) is 35.4 Å². The maximum absolute atomic E-state index is 13.1. The Hall–Kier alpha value is -1.43. The molecule has 1 aromatic rings. The molecule has 1 saturated carbocycles. The highest BCUT2D eigenvalue weighted by atomic mass is 19.1. The van der Waals surface area contributed by atoms with Gasteiger partial charge < -0.3 is 0 Å². The fourth-order valence-corrected chi connectivity index (χ4v) is 1.48. The highest BCUT2D eigenvalue weighted by Gasteiger charge is 2.40. The minimum absolute atomic E-state index is 0.0226. The third-order valence-electron chi connectivity index (χ3n) is 2.32. The first-order valence-electron chi connectivity index (χ1n) is 4.07. The van der Waals surface area contributed by atoms with Crippen LogP contribution in [0.15, 0.2) is 18.2 Å². The average molecular weight is 179 g/mol. The number of rotatable bonds is 1. The van der Waals surface area contributed by atoms with Gasteiger partial charge in [-0.1, -0.05) is 6.07 Å². The Labute approximate surface area is 74.6 Å². The molecule has 0 radical (unpaired) electrons. The van der Waals surface area contributed by atoms with E-state index in [0.29, 0.717) is 12.0 Å². The lowest BCUT2D eigenvalue weighted by atomic mass is 10.1. The van der Waals surface area contributed by atoms with E-state index >= 15 is 0 Å². The van der Waals surface area contributed by atoms with Crippen molar-refractivity contribution in [2.24, 2.45) is 5.92 Å². The second kappa shape index (κ2) is 2.81. The topological polar surface area (TPSA) is 23.8 Å². The molecular weight excluding hydrogens is 172 g/mol. The van der Waals surface area contributed by atoms with Crippen molar-refractivity contribution >= 4 is 0 Å². The Kier molecular flexibility index (Phi) is 1.77. The van der Waals surface area contributed by atoms with Crippen molar-refractivity contribution in [2.75, 3.05) is 0 Å². The van der Waals surface area contributed by atoms with Crippen LogP contribution in [-0.2, 0) is 0 Å². The van der Waals surface area contributed by atoms with E-state index in [1.54, 1.807) is 0 Å².